The molecular formula is C24H22CoN4O4. The van der Waals surface area contributed by atoms with Gasteiger partial charge in [0.05, 0.1) is 11.9 Å². The fourth-order valence-corrected chi connectivity index (χ4v) is 1.90. The quantitative estimate of drug-likeness (QED) is 0.428. The van der Waals surface area contributed by atoms with E-state index in [4.69, 9.17) is 11.5 Å². The number of aromatic carboxylic acids is 2. The molecule has 0 bridgehead atoms. The van der Waals surface area contributed by atoms with Crippen LogP contribution in [0.4, 0.5) is 11.6 Å². The molecule has 0 spiro atoms. The van der Waals surface area contributed by atoms with Gasteiger partial charge < -0.3 is 31.3 Å². The van der Waals surface area contributed by atoms with E-state index in [-0.39, 0.29) is 27.9 Å². The predicted molar refractivity (Wildman–Crippen MR) is 119 cm³/mol. The maximum atomic E-state index is 10.1. The van der Waals surface area contributed by atoms with E-state index in [9.17, 15) is 19.8 Å². The molecule has 33 heavy (non-hydrogen) atoms. The first kappa shape index (κ1) is 28.8. The van der Waals surface area contributed by atoms with E-state index in [1.165, 1.54) is 24.3 Å². The van der Waals surface area contributed by atoms with E-state index < -0.39 is 11.9 Å². The van der Waals surface area contributed by atoms with Crippen molar-refractivity contribution < 1.29 is 36.6 Å². The van der Waals surface area contributed by atoms with Gasteiger partial charge in [0, 0.05) is 12.4 Å². The third-order valence-corrected chi connectivity index (χ3v) is 3.39. The third kappa shape index (κ3) is 14.4. The molecule has 0 aliphatic heterocycles. The Balaban J connectivity index is 0.000000412. The molecule has 2 aromatic carbocycles. The number of carbonyl (C=O) groups excluding carboxylic acids is 2. The average Bonchev–Trinajstić information content (AvgIpc) is 2.82. The number of hydrogen-bond donors (Lipinski definition) is 2. The van der Waals surface area contributed by atoms with Crippen molar-refractivity contribution in [2.24, 2.45) is 0 Å². The molecule has 4 aromatic rings. The number of carboxylic acids is 2. The van der Waals surface area contributed by atoms with Crippen LogP contribution in [0.25, 0.3) is 0 Å². The van der Waals surface area contributed by atoms with Gasteiger partial charge in [-0.25, -0.2) is 9.97 Å². The van der Waals surface area contributed by atoms with Crippen molar-refractivity contribution in [1.29, 1.82) is 0 Å². The van der Waals surface area contributed by atoms with Crippen LogP contribution in [0.15, 0.2) is 109 Å². The van der Waals surface area contributed by atoms with E-state index in [0.29, 0.717) is 11.6 Å². The summed E-state index contributed by atoms with van der Waals surface area (Å²) in [5.41, 5.74) is 10.9. The summed E-state index contributed by atoms with van der Waals surface area (Å²) in [6.45, 7) is 0. The van der Waals surface area contributed by atoms with E-state index in [2.05, 4.69) is 9.97 Å². The van der Waals surface area contributed by atoms with Crippen molar-refractivity contribution in [1.82, 2.24) is 9.97 Å². The molecule has 4 N–H and O–H groups in total. The minimum absolute atomic E-state index is 0. The molecule has 8 nitrogen and oxygen atoms in total. The molecule has 0 saturated heterocycles. The van der Waals surface area contributed by atoms with Gasteiger partial charge in [0.1, 0.15) is 11.6 Å². The molecule has 0 aliphatic carbocycles. The average molecular weight is 489 g/mol. The number of nitrogens with two attached hydrogens (primary N) is 2. The molecule has 4 rings (SSSR count). The maximum absolute atomic E-state index is 10.1. The summed E-state index contributed by atoms with van der Waals surface area (Å²) in [4.78, 5) is 27.7. The number of aromatic nitrogens is 2. The largest absolute Gasteiger partial charge is 2.00 e. The Morgan fingerprint density at radius 2 is 0.848 bits per heavy atom. The second-order valence-corrected chi connectivity index (χ2v) is 5.82. The minimum atomic E-state index is -1.13. The van der Waals surface area contributed by atoms with Crippen LogP contribution in [0, 0.1) is 0 Å². The number of carbonyl (C=O) groups is 2. The van der Waals surface area contributed by atoms with Crippen LogP contribution >= 0.6 is 0 Å². The van der Waals surface area contributed by atoms with Gasteiger partial charge in [-0.1, -0.05) is 72.8 Å². The van der Waals surface area contributed by atoms with Crippen molar-refractivity contribution in [2.75, 3.05) is 11.5 Å². The first-order valence-corrected chi connectivity index (χ1v) is 9.26. The van der Waals surface area contributed by atoms with E-state index in [0.717, 1.165) is 0 Å². The minimum Gasteiger partial charge on any atom is -0.545 e. The van der Waals surface area contributed by atoms with Gasteiger partial charge in [0.25, 0.3) is 0 Å². The monoisotopic (exact) mass is 489 g/mol. The van der Waals surface area contributed by atoms with Crippen LogP contribution in [-0.4, -0.2) is 21.9 Å². The Kier molecular flexibility index (Phi) is 15.2. The molecule has 9 heteroatoms. The Morgan fingerprint density at radius 3 is 1.00 bits per heavy atom. The van der Waals surface area contributed by atoms with Gasteiger partial charge in [-0.15, -0.1) is 0 Å². The van der Waals surface area contributed by atoms with Gasteiger partial charge in [-0.2, -0.15) is 0 Å². The first-order valence-electron chi connectivity index (χ1n) is 9.26. The molecule has 2 aromatic heterocycles. The summed E-state index contributed by atoms with van der Waals surface area (Å²) >= 11 is 0. The zero-order chi connectivity index (χ0) is 23.6. The second kappa shape index (κ2) is 17.5. The van der Waals surface area contributed by atoms with Crippen LogP contribution < -0.4 is 21.7 Å². The maximum Gasteiger partial charge on any atom is 2.00 e. The molecule has 0 unspecified atom stereocenters. The normalized spacial score (nSPS) is 8.48. The molecule has 0 atom stereocenters. The van der Waals surface area contributed by atoms with E-state index in [1.807, 2.05) is 24.3 Å². The number of carboxylic acid groups (broad SMARTS) is 2. The molecule has 171 valence electrons. The number of pyridine rings is 2. The van der Waals surface area contributed by atoms with Crippen LogP contribution in [0.3, 0.4) is 0 Å². The number of rotatable bonds is 2. The molecule has 1 radical (unpaired) electrons. The summed E-state index contributed by atoms with van der Waals surface area (Å²) in [6, 6.07) is 27.0. The van der Waals surface area contributed by atoms with Crippen LogP contribution in [0.1, 0.15) is 20.7 Å². The van der Waals surface area contributed by atoms with Gasteiger partial charge in [-0.05, 0) is 35.4 Å². The fraction of sp³-hybridized carbons (Fsp3) is 0. The van der Waals surface area contributed by atoms with Gasteiger partial charge in [0.2, 0.25) is 0 Å². The Morgan fingerprint density at radius 1 is 0.545 bits per heavy atom. The molecule has 0 aliphatic rings. The predicted octanol–water partition coefficient (Wildman–Crippen LogP) is 1.43. The molecular weight excluding hydrogens is 467 g/mol. The SMILES string of the molecule is Nc1ccccn1.Nc1ccccn1.O=C([O-])c1ccccc1.O=C([O-])c1ccccc1.[Co+2]. The van der Waals surface area contributed by atoms with E-state index >= 15 is 0 Å². The zero-order valence-corrected chi connectivity index (χ0v) is 18.4. The number of nitrogen functional groups attached to an aromatic ring is 2. The summed E-state index contributed by atoms with van der Waals surface area (Å²) in [5.74, 6) is -1.11. The summed E-state index contributed by atoms with van der Waals surface area (Å²) in [6.07, 6.45) is 3.32. The smallest absolute Gasteiger partial charge is 0.545 e. The Hall–Kier alpha value is -4.21. The van der Waals surface area contributed by atoms with Crippen molar-refractivity contribution >= 4 is 23.6 Å². The molecule has 0 fully saturated rings. The Labute approximate surface area is 202 Å². The summed E-state index contributed by atoms with van der Waals surface area (Å²) < 4.78 is 0. The van der Waals surface area contributed by atoms with Crippen molar-refractivity contribution in [3.8, 4) is 0 Å². The van der Waals surface area contributed by atoms with Crippen LogP contribution in [-0.2, 0) is 16.8 Å². The van der Waals surface area contributed by atoms with Crippen LogP contribution in [0.5, 0.6) is 0 Å². The zero-order valence-electron chi connectivity index (χ0n) is 17.4. The van der Waals surface area contributed by atoms with Crippen LogP contribution in [0.2, 0.25) is 0 Å². The number of benzene rings is 2. The first-order chi connectivity index (χ1) is 15.4. The third-order valence-electron chi connectivity index (χ3n) is 3.39. The topological polar surface area (TPSA) is 158 Å². The fourth-order valence-electron chi connectivity index (χ4n) is 1.90. The van der Waals surface area contributed by atoms with Crippen molar-refractivity contribution in [2.45, 2.75) is 0 Å². The summed E-state index contributed by atoms with van der Waals surface area (Å²) in [7, 11) is 0. The van der Waals surface area contributed by atoms with Gasteiger partial charge in [-0.3, -0.25) is 0 Å². The van der Waals surface area contributed by atoms with E-state index in [1.54, 1.807) is 60.9 Å². The number of anilines is 2. The number of nitrogens with zero attached hydrogens (tertiary/aromatic N) is 2. The standard InChI is InChI=1S/2C7H6O2.2C5H6N2.Co/c2*8-7(9)6-4-2-1-3-5-6;2*6-5-3-1-2-4-7-5;/h2*1-5H,(H,8,9);2*1-4H,(H2,6,7);/q;;;;+2/p-2. The van der Waals surface area contributed by atoms with Crippen molar-refractivity contribution in [3.05, 3.63) is 121 Å². The van der Waals surface area contributed by atoms with Gasteiger partial charge in [0.15, 0.2) is 0 Å². The summed E-state index contributed by atoms with van der Waals surface area (Å²) in [5, 5.41) is 20.2. The van der Waals surface area contributed by atoms with Gasteiger partial charge >= 0.3 is 16.8 Å². The molecule has 0 amide bonds. The molecule has 2 heterocycles. The number of hydrogen-bond acceptors (Lipinski definition) is 8. The second-order valence-electron chi connectivity index (χ2n) is 5.82. The Bertz CT molecular complexity index is 952. The van der Waals surface area contributed by atoms with Crippen molar-refractivity contribution in [3.63, 3.8) is 0 Å². The molecule has 0 saturated carbocycles.